The van der Waals surface area contributed by atoms with Crippen LogP contribution in [0, 0.1) is 0 Å². The third-order valence-corrected chi connectivity index (χ3v) is 4.19. The number of halogens is 2. The third kappa shape index (κ3) is 5.00. The summed E-state index contributed by atoms with van der Waals surface area (Å²) in [6, 6.07) is 12.0. The topological polar surface area (TPSA) is 56.8 Å². The van der Waals surface area contributed by atoms with E-state index in [4.69, 9.17) is 9.47 Å². The Labute approximate surface area is 161 Å². The number of nitrogens with one attached hydrogen (secondary N) is 1. The van der Waals surface area contributed by atoms with E-state index in [1.807, 2.05) is 24.3 Å². The number of carbonyl (C=O) groups excluding carboxylic acids is 1. The molecular formula is C21H21F2NO4. The lowest BCUT2D eigenvalue weighted by molar-refractivity contribution is -0.117. The molecule has 3 rings (SSSR count). The van der Waals surface area contributed by atoms with Crippen LogP contribution < -0.4 is 19.5 Å². The molecule has 0 aliphatic carbocycles. The van der Waals surface area contributed by atoms with Gasteiger partial charge in [-0.05, 0) is 36.8 Å². The zero-order valence-electron chi connectivity index (χ0n) is 15.4. The number of alkyl halides is 2. The number of benzene rings is 2. The molecule has 7 heteroatoms. The Morgan fingerprint density at radius 1 is 1.29 bits per heavy atom. The lowest BCUT2D eigenvalue weighted by Gasteiger charge is -2.26. The van der Waals surface area contributed by atoms with Crippen LogP contribution in [-0.2, 0) is 4.79 Å². The Kier molecular flexibility index (Phi) is 6.47. The molecule has 2 aromatic rings. The average Bonchev–Trinajstić information content (AvgIpc) is 2.68. The Bertz CT molecular complexity index is 854. The van der Waals surface area contributed by atoms with Gasteiger partial charge in [0.05, 0.1) is 19.3 Å². The van der Waals surface area contributed by atoms with E-state index in [0.717, 1.165) is 11.3 Å². The maximum Gasteiger partial charge on any atom is 0.387 e. The van der Waals surface area contributed by atoms with Gasteiger partial charge in [-0.15, -0.1) is 0 Å². The summed E-state index contributed by atoms with van der Waals surface area (Å²) >= 11 is 0. The van der Waals surface area contributed by atoms with E-state index >= 15 is 0 Å². The molecule has 28 heavy (non-hydrogen) atoms. The van der Waals surface area contributed by atoms with E-state index in [1.165, 1.54) is 12.1 Å². The SMILES string of the molecule is CCOc1cc(/C=C/C(=O)N[C@H]2CCOc3ccccc32)ccc1OC(F)F. The molecule has 1 N–H and O–H groups in total. The van der Waals surface area contributed by atoms with Gasteiger partial charge in [-0.3, -0.25) is 4.79 Å². The Morgan fingerprint density at radius 3 is 2.89 bits per heavy atom. The molecule has 0 aromatic heterocycles. The molecule has 0 saturated heterocycles. The number of carbonyl (C=O) groups is 1. The number of ether oxygens (including phenoxy) is 3. The standard InChI is InChI=1S/C21H21F2NO4/c1-2-26-19-13-14(7-9-18(19)28-21(22)23)8-10-20(25)24-16-11-12-27-17-6-4-3-5-15(16)17/h3-10,13,16,21H,2,11-12H2,1H3,(H,24,25)/b10-8+/t16-/m0/s1. The number of hydrogen-bond donors (Lipinski definition) is 1. The van der Waals surface area contributed by atoms with E-state index in [-0.39, 0.29) is 23.4 Å². The summed E-state index contributed by atoms with van der Waals surface area (Å²) in [5.41, 5.74) is 1.58. The molecule has 0 spiro atoms. The van der Waals surface area contributed by atoms with Gasteiger partial charge in [0, 0.05) is 18.1 Å². The molecule has 1 aliphatic heterocycles. The lowest BCUT2D eigenvalue weighted by Crippen LogP contribution is -2.30. The molecule has 0 bridgehead atoms. The molecule has 5 nitrogen and oxygen atoms in total. The summed E-state index contributed by atoms with van der Waals surface area (Å²) in [7, 11) is 0. The monoisotopic (exact) mass is 389 g/mol. The van der Waals surface area contributed by atoms with Crippen LogP contribution in [-0.4, -0.2) is 25.7 Å². The minimum Gasteiger partial charge on any atom is -0.493 e. The zero-order chi connectivity index (χ0) is 19.9. The summed E-state index contributed by atoms with van der Waals surface area (Å²) < 4.78 is 40.3. The van der Waals surface area contributed by atoms with Crippen molar-refractivity contribution in [1.82, 2.24) is 5.32 Å². The smallest absolute Gasteiger partial charge is 0.387 e. The van der Waals surface area contributed by atoms with Crippen LogP contribution in [0.4, 0.5) is 8.78 Å². The molecule has 1 atom stereocenters. The molecule has 1 aliphatic rings. The minimum absolute atomic E-state index is 0.0442. The van der Waals surface area contributed by atoms with Crippen LogP contribution in [0.3, 0.4) is 0 Å². The average molecular weight is 389 g/mol. The van der Waals surface area contributed by atoms with Crippen molar-refractivity contribution in [2.75, 3.05) is 13.2 Å². The third-order valence-electron chi connectivity index (χ3n) is 4.19. The number of para-hydroxylation sites is 1. The molecule has 1 heterocycles. The predicted molar refractivity (Wildman–Crippen MR) is 101 cm³/mol. The second-order valence-corrected chi connectivity index (χ2v) is 6.09. The predicted octanol–water partition coefficient (Wildman–Crippen LogP) is 4.34. The van der Waals surface area contributed by atoms with Gasteiger partial charge in [0.1, 0.15) is 5.75 Å². The molecule has 0 radical (unpaired) electrons. The first-order valence-electron chi connectivity index (χ1n) is 8.98. The van der Waals surface area contributed by atoms with E-state index < -0.39 is 6.61 Å². The van der Waals surface area contributed by atoms with Crippen molar-refractivity contribution in [2.45, 2.75) is 26.0 Å². The number of hydrogen-bond acceptors (Lipinski definition) is 4. The van der Waals surface area contributed by atoms with E-state index in [9.17, 15) is 13.6 Å². The van der Waals surface area contributed by atoms with Gasteiger partial charge in [-0.2, -0.15) is 8.78 Å². The molecule has 2 aromatic carbocycles. The molecule has 148 valence electrons. The summed E-state index contributed by atoms with van der Waals surface area (Å²) in [5, 5.41) is 2.96. The van der Waals surface area contributed by atoms with Crippen molar-refractivity contribution in [3.8, 4) is 17.2 Å². The summed E-state index contributed by atoms with van der Waals surface area (Å²) in [6.07, 6.45) is 3.68. The highest BCUT2D eigenvalue weighted by atomic mass is 19.3. The van der Waals surface area contributed by atoms with Crippen molar-refractivity contribution in [3.05, 3.63) is 59.7 Å². The quantitative estimate of drug-likeness (QED) is 0.716. The molecule has 0 saturated carbocycles. The van der Waals surface area contributed by atoms with Crippen molar-refractivity contribution in [3.63, 3.8) is 0 Å². The van der Waals surface area contributed by atoms with Gasteiger partial charge in [0.15, 0.2) is 11.5 Å². The van der Waals surface area contributed by atoms with Crippen LogP contribution >= 0.6 is 0 Å². The second-order valence-electron chi connectivity index (χ2n) is 6.09. The van der Waals surface area contributed by atoms with E-state index in [0.29, 0.717) is 25.2 Å². The summed E-state index contributed by atoms with van der Waals surface area (Å²) in [4.78, 5) is 12.3. The second kappa shape index (κ2) is 9.21. The van der Waals surface area contributed by atoms with Gasteiger partial charge in [-0.25, -0.2) is 0 Å². The maximum atomic E-state index is 12.5. The van der Waals surface area contributed by atoms with Gasteiger partial charge in [0.2, 0.25) is 5.91 Å². The Balaban J connectivity index is 1.68. The molecular weight excluding hydrogens is 368 g/mol. The Morgan fingerprint density at radius 2 is 2.11 bits per heavy atom. The summed E-state index contributed by atoms with van der Waals surface area (Å²) in [5.74, 6) is 0.674. The first-order valence-corrected chi connectivity index (χ1v) is 8.98. The highest BCUT2D eigenvalue weighted by molar-refractivity contribution is 5.92. The fraction of sp³-hybridized carbons (Fsp3) is 0.286. The van der Waals surface area contributed by atoms with Crippen LogP contribution in [0.25, 0.3) is 6.08 Å². The van der Waals surface area contributed by atoms with Crippen molar-refractivity contribution in [1.29, 1.82) is 0 Å². The number of amides is 1. The Hall–Kier alpha value is -3.09. The van der Waals surface area contributed by atoms with Crippen molar-refractivity contribution >= 4 is 12.0 Å². The number of rotatable bonds is 7. The first kappa shape index (κ1) is 19.7. The van der Waals surface area contributed by atoms with Crippen molar-refractivity contribution in [2.24, 2.45) is 0 Å². The first-order chi connectivity index (χ1) is 13.6. The molecule has 0 unspecified atom stereocenters. The van der Waals surface area contributed by atoms with E-state index in [2.05, 4.69) is 10.1 Å². The fourth-order valence-corrected chi connectivity index (χ4v) is 2.97. The maximum absolute atomic E-state index is 12.5. The van der Waals surface area contributed by atoms with Crippen LogP contribution in [0.15, 0.2) is 48.5 Å². The highest BCUT2D eigenvalue weighted by Gasteiger charge is 2.21. The van der Waals surface area contributed by atoms with E-state index in [1.54, 1.807) is 25.1 Å². The zero-order valence-corrected chi connectivity index (χ0v) is 15.4. The number of fused-ring (bicyclic) bond motifs is 1. The largest absolute Gasteiger partial charge is 0.493 e. The normalized spacial score (nSPS) is 15.8. The van der Waals surface area contributed by atoms with Gasteiger partial charge >= 0.3 is 6.61 Å². The van der Waals surface area contributed by atoms with Crippen molar-refractivity contribution < 1.29 is 27.8 Å². The lowest BCUT2D eigenvalue weighted by atomic mass is 10.0. The van der Waals surface area contributed by atoms with Crippen LogP contribution in [0.5, 0.6) is 17.2 Å². The van der Waals surface area contributed by atoms with Crippen LogP contribution in [0.1, 0.15) is 30.5 Å². The minimum atomic E-state index is -2.94. The molecule has 0 fully saturated rings. The summed E-state index contributed by atoms with van der Waals surface area (Å²) in [6.45, 7) is -0.354. The molecule has 1 amide bonds. The highest BCUT2D eigenvalue weighted by Crippen LogP contribution is 2.32. The van der Waals surface area contributed by atoms with Gasteiger partial charge in [-0.1, -0.05) is 24.3 Å². The fourth-order valence-electron chi connectivity index (χ4n) is 2.97. The van der Waals surface area contributed by atoms with Crippen LogP contribution in [0.2, 0.25) is 0 Å². The van der Waals surface area contributed by atoms with Gasteiger partial charge in [0.25, 0.3) is 0 Å². The van der Waals surface area contributed by atoms with Gasteiger partial charge < -0.3 is 19.5 Å².